The van der Waals surface area contributed by atoms with Crippen molar-refractivity contribution in [3.63, 3.8) is 0 Å². The van der Waals surface area contributed by atoms with Gasteiger partial charge in [-0.15, -0.1) is 0 Å². The summed E-state index contributed by atoms with van der Waals surface area (Å²) in [6.45, 7) is 6.70. The van der Waals surface area contributed by atoms with Crippen LogP contribution in [-0.2, 0) is 24.4 Å². The highest BCUT2D eigenvalue weighted by Crippen LogP contribution is 2.32. The Labute approximate surface area is 199 Å². The van der Waals surface area contributed by atoms with Crippen molar-refractivity contribution < 1.29 is 4.79 Å². The number of rotatable bonds is 9. The molecular weight excluding hydrogens is 428 g/mol. The van der Waals surface area contributed by atoms with E-state index in [-0.39, 0.29) is 18.1 Å². The predicted molar refractivity (Wildman–Crippen MR) is 136 cm³/mol. The summed E-state index contributed by atoms with van der Waals surface area (Å²) in [4.78, 5) is 27.3. The molecule has 8 nitrogen and oxygen atoms in total. The number of nitrogens with zero attached hydrogens (tertiary/aromatic N) is 5. The Balaban J connectivity index is 1.75. The summed E-state index contributed by atoms with van der Waals surface area (Å²) < 4.78 is 5.28. The van der Waals surface area contributed by atoms with Crippen LogP contribution in [-0.4, -0.2) is 56.9 Å². The van der Waals surface area contributed by atoms with Gasteiger partial charge in [-0.3, -0.25) is 18.6 Å². The zero-order valence-electron chi connectivity index (χ0n) is 20.3. The Kier molecular flexibility index (Phi) is 6.98. The standard InChI is InChI=1S/C26H32N6O2/c1-5-31-22-13-12-20(16-23(22)32(6-2)26(31)34)21-17-30(18-24(33)27-14-15-29(3)4)28-25(21)19-10-8-7-9-11-19/h7-13,16-17H,5-6,14-15,18H2,1-4H3,(H,27,33). The minimum absolute atomic E-state index is 0.00511. The summed E-state index contributed by atoms with van der Waals surface area (Å²) in [7, 11) is 3.95. The van der Waals surface area contributed by atoms with E-state index in [1.54, 1.807) is 13.8 Å². The Bertz CT molecular complexity index is 1350. The first-order valence-corrected chi connectivity index (χ1v) is 11.7. The second kappa shape index (κ2) is 10.1. The van der Waals surface area contributed by atoms with Crippen LogP contribution in [0.3, 0.4) is 0 Å². The number of hydrogen-bond acceptors (Lipinski definition) is 4. The van der Waals surface area contributed by atoms with Gasteiger partial charge in [0.25, 0.3) is 0 Å². The first kappa shape index (κ1) is 23.5. The molecule has 0 bridgehead atoms. The van der Waals surface area contributed by atoms with Crippen LogP contribution in [0.25, 0.3) is 33.4 Å². The van der Waals surface area contributed by atoms with Gasteiger partial charge in [0, 0.05) is 43.5 Å². The molecule has 0 fully saturated rings. The van der Waals surface area contributed by atoms with Crippen molar-refractivity contribution in [3.05, 3.63) is 65.2 Å². The van der Waals surface area contributed by atoms with Gasteiger partial charge in [0.1, 0.15) is 12.2 Å². The van der Waals surface area contributed by atoms with Crippen molar-refractivity contribution >= 4 is 16.9 Å². The fourth-order valence-corrected chi connectivity index (χ4v) is 4.24. The molecule has 4 aromatic rings. The van der Waals surface area contributed by atoms with E-state index in [9.17, 15) is 9.59 Å². The lowest BCUT2D eigenvalue weighted by Gasteiger charge is -2.10. The van der Waals surface area contributed by atoms with Crippen molar-refractivity contribution in [2.24, 2.45) is 0 Å². The molecule has 8 heteroatoms. The average molecular weight is 461 g/mol. The Morgan fingerprint density at radius 3 is 2.35 bits per heavy atom. The summed E-state index contributed by atoms with van der Waals surface area (Å²) >= 11 is 0. The maximum atomic E-state index is 12.8. The number of likely N-dealkylation sites (N-methyl/N-ethyl adjacent to an activating group) is 1. The number of benzene rings is 2. The van der Waals surface area contributed by atoms with Crippen LogP contribution < -0.4 is 11.0 Å². The molecule has 2 aromatic heterocycles. The average Bonchev–Trinajstić information content (AvgIpc) is 3.36. The number of carbonyl (C=O) groups excluding carboxylic acids is 1. The number of amides is 1. The molecule has 2 heterocycles. The first-order chi connectivity index (χ1) is 16.4. The topological polar surface area (TPSA) is 77.1 Å². The number of aryl methyl sites for hydroxylation is 2. The number of hydrogen-bond donors (Lipinski definition) is 1. The minimum atomic E-state index is -0.0780. The molecule has 0 saturated carbocycles. The highest BCUT2D eigenvalue weighted by molar-refractivity contribution is 5.87. The van der Waals surface area contributed by atoms with Crippen molar-refractivity contribution in [2.75, 3.05) is 27.2 Å². The lowest BCUT2D eigenvalue weighted by Crippen LogP contribution is -2.33. The van der Waals surface area contributed by atoms with Crippen LogP contribution in [0, 0.1) is 0 Å². The molecule has 0 spiro atoms. The van der Waals surface area contributed by atoms with Crippen LogP contribution >= 0.6 is 0 Å². The third kappa shape index (κ3) is 4.68. The molecule has 0 aliphatic heterocycles. The molecule has 0 saturated heterocycles. The Morgan fingerprint density at radius 1 is 0.971 bits per heavy atom. The predicted octanol–water partition coefficient (Wildman–Crippen LogP) is 3.05. The maximum absolute atomic E-state index is 12.8. The zero-order chi connectivity index (χ0) is 24.2. The van der Waals surface area contributed by atoms with Gasteiger partial charge in [0.2, 0.25) is 5.91 Å². The van der Waals surface area contributed by atoms with Crippen molar-refractivity contribution in [1.29, 1.82) is 0 Å². The smallest absolute Gasteiger partial charge is 0.329 e. The molecule has 0 aliphatic carbocycles. The molecule has 0 aliphatic rings. The third-order valence-electron chi connectivity index (χ3n) is 5.96. The summed E-state index contributed by atoms with van der Waals surface area (Å²) in [6, 6.07) is 16.0. The van der Waals surface area contributed by atoms with Crippen molar-refractivity contribution in [2.45, 2.75) is 33.5 Å². The Morgan fingerprint density at radius 2 is 1.68 bits per heavy atom. The fourth-order valence-electron chi connectivity index (χ4n) is 4.24. The lowest BCUT2D eigenvalue weighted by molar-refractivity contribution is -0.121. The normalized spacial score (nSPS) is 11.4. The van der Waals surface area contributed by atoms with Gasteiger partial charge in [0.05, 0.1) is 11.0 Å². The molecular formula is C26H32N6O2. The Hall–Kier alpha value is -3.65. The fraction of sp³-hybridized carbons (Fsp3) is 0.346. The molecule has 178 valence electrons. The number of nitrogens with one attached hydrogen (secondary N) is 1. The van der Waals surface area contributed by atoms with E-state index in [0.717, 1.165) is 40.0 Å². The quantitative estimate of drug-likeness (QED) is 0.417. The van der Waals surface area contributed by atoms with Gasteiger partial charge in [-0.05, 0) is 45.6 Å². The number of imidazole rings is 1. The van der Waals surface area contributed by atoms with Gasteiger partial charge >= 0.3 is 5.69 Å². The lowest BCUT2D eigenvalue weighted by atomic mass is 10.0. The van der Waals surface area contributed by atoms with Gasteiger partial charge in [-0.25, -0.2) is 4.79 Å². The number of fused-ring (bicyclic) bond motifs is 1. The molecule has 1 amide bonds. The van der Waals surface area contributed by atoms with Gasteiger partial charge in [-0.1, -0.05) is 36.4 Å². The van der Waals surface area contributed by atoms with Crippen molar-refractivity contribution in [3.8, 4) is 22.4 Å². The molecule has 1 N–H and O–H groups in total. The van der Waals surface area contributed by atoms with E-state index in [0.29, 0.717) is 19.6 Å². The molecule has 4 rings (SSSR count). The van der Waals surface area contributed by atoms with E-state index in [1.807, 2.05) is 81.5 Å². The molecule has 34 heavy (non-hydrogen) atoms. The van der Waals surface area contributed by atoms with Crippen LogP contribution in [0.1, 0.15) is 13.8 Å². The van der Waals surface area contributed by atoms with Gasteiger partial charge < -0.3 is 10.2 Å². The largest absolute Gasteiger partial charge is 0.353 e. The first-order valence-electron chi connectivity index (χ1n) is 11.7. The van der Waals surface area contributed by atoms with Crippen molar-refractivity contribution in [1.82, 2.24) is 29.1 Å². The molecule has 2 aromatic carbocycles. The van der Waals surface area contributed by atoms with Crippen LogP contribution in [0.5, 0.6) is 0 Å². The number of aromatic nitrogens is 4. The summed E-state index contributed by atoms with van der Waals surface area (Å²) in [6.07, 6.45) is 1.92. The van der Waals surface area contributed by atoms with Gasteiger partial charge in [-0.2, -0.15) is 5.10 Å². The van der Waals surface area contributed by atoms with E-state index in [1.165, 1.54) is 0 Å². The van der Waals surface area contributed by atoms with E-state index < -0.39 is 0 Å². The second-order valence-electron chi connectivity index (χ2n) is 8.58. The molecule has 0 unspecified atom stereocenters. The zero-order valence-corrected chi connectivity index (χ0v) is 20.3. The third-order valence-corrected chi connectivity index (χ3v) is 5.96. The van der Waals surface area contributed by atoms with Gasteiger partial charge in [0.15, 0.2) is 0 Å². The number of carbonyl (C=O) groups is 1. The SMILES string of the molecule is CCn1c(=O)n(CC)c2cc(-c3cn(CC(=O)NCCN(C)C)nc3-c3ccccc3)ccc21. The van der Waals surface area contributed by atoms with E-state index >= 15 is 0 Å². The highest BCUT2D eigenvalue weighted by Gasteiger charge is 2.17. The molecule has 0 atom stereocenters. The summed E-state index contributed by atoms with van der Waals surface area (Å²) in [5.74, 6) is -0.0780. The maximum Gasteiger partial charge on any atom is 0.329 e. The second-order valence-corrected chi connectivity index (χ2v) is 8.58. The van der Waals surface area contributed by atoms with E-state index in [2.05, 4.69) is 11.4 Å². The minimum Gasteiger partial charge on any atom is -0.353 e. The van der Waals surface area contributed by atoms with Crippen LogP contribution in [0.15, 0.2) is 59.5 Å². The molecule has 0 radical (unpaired) electrons. The highest BCUT2D eigenvalue weighted by atomic mass is 16.2. The van der Waals surface area contributed by atoms with Crippen LogP contribution in [0.2, 0.25) is 0 Å². The summed E-state index contributed by atoms with van der Waals surface area (Å²) in [5, 5.41) is 7.72. The summed E-state index contributed by atoms with van der Waals surface area (Å²) in [5.41, 5.74) is 5.50. The van der Waals surface area contributed by atoms with E-state index in [4.69, 9.17) is 5.10 Å². The monoisotopic (exact) mass is 460 g/mol. The van der Waals surface area contributed by atoms with Crippen LogP contribution in [0.4, 0.5) is 0 Å².